The number of hydrogen-bond acceptors (Lipinski definition) is 4. The molecule has 0 heterocycles. The van der Waals surface area contributed by atoms with Crippen molar-refractivity contribution in [2.24, 2.45) is 10.9 Å². The van der Waals surface area contributed by atoms with Crippen molar-refractivity contribution in [1.29, 1.82) is 0 Å². The highest BCUT2D eigenvalue weighted by atomic mass is 16.5. The van der Waals surface area contributed by atoms with Gasteiger partial charge in [0.1, 0.15) is 11.5 Å². The summed E-state index contributed by atoms with van der Waals surface area (Å²) in [6, 6.07) is 19.4. The molecular weight excluding hydrogens is 314 g/mol. The number of hydrogen-bond donors (Lipinski definition) is 2. The molecule has 0 fully saturated rings. The Morgan fingerprint density at radius 1 is 1.04 bits per heavy atom. The molecule has 0 radical (unpaired) electrons. The van der Waals surface area contributed by atoms with Gasteiger partial charge in [-0.15, -0.1) is 0 Å². The van der Waals surface area contributed by atoms with E-state index in [-0.39, 0.29) is 5.91 Å². The van der Waals surface area contributed by atoms with Crippen LogP contribution in [0, 0.1) is 0 Å². The maximum atomic E-state index is 11.4. The van der Waals surface area contributed by atoms with Crippen LogP contribution in [0.15, 0.2) is 65.8 Å². The zero-order valence-corrected chi connectivity index (χ0v) is 13.9. The lowest BCUT2D eigenvalue weighted by Crippen LogP contribution is -2.19. The lowest BCUT2D eigenvalue weighted by atomic mass is 10.1. The number of amides is 1. The van der Waals surface area contributed by atoms with Crippen molar-refractivity contribution in [3.63, 3.8) is 0 Å². The molecule has 3 N–H and O–H groups in total. The van der Waals surface area contributed by atoms with E-state index in [0.29, 0.717) is 6.42 Å². The molecule has 3 aromatic carbocycles. The predicted molar refractivity (Wildman–Crippen MR) is 100 cm³/mol. The Bertz CT molecular complexity index is 918. The van der Waals surface area contributed by atoms with E-state index in [1.807, 2.05) is 60.7 Å². The van der Waals surface area contributed by atoms with Crippen molar-refractivity contribution in [3.05, 3.63) is 71.8 Å². The molecule has 0 aliphatic heterocycles. The number of carbonyl (C=O) groups is 1. The van der Waals surface area contributed by atoms with Crippen LogP contribution in [0.1, 0.15) is 11.1 Å². The lowest BCUT2D eigenvalue weighted by Gasteiger charge is -2.08. The Balaban J connectivity index is 1.76. The quantitative estimate of drug-likeness (QED) is 0.427. The molecule has 0 aromatic heterocycles. The van der Waals surface area contributed by atoms with Crippen LogP contribution in [0.5, 0.6) is 11.5 Å². The van der Waals surface area contributed by atoms with E-state index in [4.69, 9.17) is 10.6 Å². The highest BCUT2D eigenvalue weighted by Crippen LogP contribution is 2.26. The first-order chi connectivity index (χ1) is 12.2. The zero-order chi connectivity index (χ0) is 17.6. The van der Waals surface area contributed by atoms with Crippen molar-refractivity contribution in [3.8, 4) is 11.5 Å². The number of nitrogens with zero attached hydrogens (tertiary/aromatic N) is 1. The van der Waals surface area contributed by atoms with Gasteiger partial charge in [-0.1, -0.05) is 30.3 Å². The van der Waals surface area contributed by atoms with Gasteiger partial charge >= 0.3 is 0 Å². The van der Waals surface area contributed by atoms with E-state index in [0.717, 1.165) is 33.4 Å². The number of ether oxygens (including phenoxy) is 1. The molecule has 126 valence electrons. The third-order valence-corrected chi connectivity index (χ3v) is 3.86. The number of rotatable bonds is 5. The first-order valence-electron chi connectivity index (χ1n) is 7.92. The number of hydrazone groups is 1. The second-order valence-corrected chi connectivity index (χ2v) is 5.64. The smallest absolute Gasteiger partial charge is 0.224 e. The van der Waals surface area contributed by atoms with Gasteiger partial charge < -0.3 is 15.9 Å². The molecular formula is C20H19N3O2. The van der Waals surface area contributed by atoms with Crippen LogP contribution in [0.3, 0.4) is 0 Å². The van der Waals surface area contributed by atoms with Gasteiger partial charge in [0.2, 0.25) is 5.91 Å². The number of nitrogens with one attached hydrogen (secondary N) is 1. The first-order valence-corrected chi connectivity index (χ1v) is 7.92. The van der Waals surface area contributed by atoms with Crippen molar-refractivity contribution in [2.45, 2.75) is 6.42 Å². The van der Waals surface area contributed by atoms with Crippen molar-refractivity contribution >= 4 is 22.9 Å². The van der Waals surface area contributed by atoms with Gasteiger partial charge in [0.15, 0.2) is 0 Å². The van der Waals surface area contributed by atoms with E-state index in [9.17, 15) is 4.79 Å². The van der Waals surface area contributed by atoms with Crippen LogP contribution in [0.25, 0.3) is 10.8 Å². The van der Waals surface area contributed by atoms with E-state index >= 15 is 0 Å². The topological polar surface area (TPSA) is 76.7 Å². The molecule has 3 aromatic rings. The molecule has 0 atom stereocenters. The van der Waals surface area contributed by atoms with Gasteiger partial charge in [0, 0.05) is 7.05 Å². The van der Waals surface area contributed by atoms with Crippen molar-refractivity contribution in [1.82, 2.24) is 5.32 Å². The van der Waals surface area contributed by atoms with Crippen LogP contribution in [-0.2, 0) is 11.2 Å². The van der Waals surface area contributed by atoms with Crippen LogP contribution in [0.4, 0.5) is 0 Å². The van der Waals surface area contributed by atoms with Gasteiger partial charge in [-0.05, 0) is 52.2 Å². The fourth-order valence-electron chi connectivity index (χ4n) is 2.56. The van der Waals surface area contributed by atoms with E-state index in [1.165, 1.54) is 0 Å². The molecule has 0 bridgehead atoms. The SMILES string of the molecule is CNC(=O)Cc1ccc(Oc2ccc3cc(/C=N\N)ccc3c2)cc1. The number of fused-ring (bicyclic) bond motifs is 1. The summed E-state index contributed by atoms with van der Waals surface area (Å²) in [4.78, 5) is 11.4. The third-order valence-electron chi connectivity index (χ3n) is 3.86. The Labute approximate surface area is 146 Å². The minimum absolute atomic E-state index is 0.0118. The van der Waals surface area contributed by atoms with Gasteiger partial charge in [0.25, 0.3) is 0 Å². The third kappa shape index (κ3) is 4.14. The fourth-order valence-corrected chi connectivity index (χ4v) is 2.56. The summed E-state index contributed by atoms with van der Waals surface area (Å²) < 4.78 is 5.90. The van der Waals surface area contributed by atoms with Gasteiger partial charge in [-0.25, -0.2) is 0 Å². The minimum Gasteiger partial charge on any atom is -0.457 e. The Morgan fingerprint density at radius 2 is 1.72 bits per heavy atom. The minimum atomic E-state index is -0.0118. The number of benzene rings is 3. The number of nitrogens with two attached hydrogens (primary N) is 1. The van der Waals surface area contributed by atoms with E-state index < -0.39 is 0 Å². The number of carbonyl (C=O) groups excluding carboxylic acids is 1. The fraction of sp³-hybridized carbons (Fsp3) is 0.100. The van der Waals surface area contributed by atoms with Crippen LogP contribution >= 0.6 is 0 Å². The maximum absolute atomic E-state index is 11.4. The van der Waals surface area contributed by atoms with E-state index in [1.54, 1.807) is 13.3 Å². The second kappa shape index (κ2) is 7.49. The average molecular weight is 333 g/mol. The molecule has 1 amide bonds. The Hall–Kier alpha value is -3.34. The molecule has 5 heteroatoms. The monoisotopic (exact) mass is 333 g/mol. The Kier molecular flexibility index (Phi) is 4.95. The highest BCUT2D eigenvalue weighted by Gasteiger charge is 2.03. The van der Waals surface area contributed by atoms with E-state index in [2.05, 4.69) is 10.4 Å². The molecule has 0 saturated heterocycles. The summed E-state index contributed by atoms with van der Waals surface area (Å²) in [7, 11) is 1.63. The summed E-state index contributed by atoms with van der Waals surface area (Å²) in [6.45, 7) is 0. The summed E-state index contributed by atoms with van der Waals surface area (Å²) in [5.41, 5.74) is 1.90. The van der Waals surface area contributed by atoms with Crippen molar-refractivity contribution in [2.75, 3.05) is 7.05 Å². The predicted octanol–water partition coefficient (Wildman–Crippen LogP) is 3.21. The molecule has 0 unspecified atom stereocenters. The average Bonchev–Trinajstić information content (AvgIpc) is 2.63. The van der Waals surface area contributed by atoms with Gasteiger partial charge in [-0.2, -0.15) is 5.10 Å². The molecule has 0 aliphatic carbocycles. The van der Waals surface area contributed by atoms with Gasteiger partial charge in [0.05, 0.1) is 12.6 Å². The van der Waals surface area contributed by atoms with Crippen LogP contribution < -0.4 is 15.9 Å². The van der Waals surface area contributed by atoms with Crippen molar-refractivity contribution < 1.29 is 9.53 Å². The zero-order valence-electron chi connectivity index (χ0n) is 13.9. The standard InChI is InChI=1S/C20H19N3O2/c1-22-20(24)11-14-3-7-18(8-4-14)25-19-9-6-16-10-15(13-23-21)2-5-17(16)12-19/h2-10,12-13H,11,21H2,1H3,(H,22,24)/b23-13-. The first kappa shape index (κ1) is 16.5. The summed E-state index contributed by atoms with van der Waals surface area (Å²) in [5, 5.41) is 8.31. The molecule has 5 nitrogen and oxygen atoms in total. The van der Waals surface area contributed by atoms with Gasteiger partial charge in [-0.3, -0.25) is 4.79 Å². The lowest BCUT2D eigenvalue weighted by molar-refractivity contribution is -0.119. The molecule has 25 heavy (non-hydrogen) atoms. The van der Waals surface area contributed by atoms with Crippen LogP contribution in [0.2, 0.25) is 0 Å². The summed E-state index contributed by atoms with van der Waals surface area (Å²) >= 11 is 0. The highest BCUT2D eigenvalue weighted by molar-refractivity contribution is 5.91. The number of likely N-dealkylation sites (N-methyl/N-ethyl adjacent to an activating group) is 1. The molecule has 0 aliphatic rings. The molecule has 0 saturated carbocycles. The molecule has 3 rings (SSSR count). The summed E-state index contributed by atoms with van der Waals surface area (Å²) in [6.07, 6.45) is 1.98. The van der Waals surface area contributed by atoms with Crippen LogP contribution in [-0.4, -0.2) is 19.2 Å². The summed E-state index contributed by atoms with van der Waals surface area (Å²) in [5.74, 6) is 6.66. The second-order valence-electron chi connectivity index (χ2n) is 5.64. The normalized spacial score (nSPS) is 10.9. The largest absolute Gasteiger partial charge is 0.457 e. The Morgan fingerprint density at radius 3 is 2.44 bits per heavy atom. The molecule has 0 spiro atoms. The maximum Gasteiger partial charge on any atom is 0.224 e.